The summed E-state index contributed by atoms with van der Waals surface area (Å²) in [6.45, 7) is 4.20. The number of carbonyl (C=O) groups excluding carboxylic acids is 1. The second-order valence-corrected chi connectivity index (χ2v) is 9.26. The fourth-order valence-corrected chi connectivity index (χ4v) is 5.33. The van der Waals surface area contributed by atoms with Gasteiger partial charge in [-0.15, -0.1) is 0 Å². The van der Waals surface area contributed by atoms with E-state index in [2.05, 4.69) is 14.8 Å². The normalized spacial score (nSPS) is 17.1. The van der Waals surface area contributed by atoms with Crippen molar-refractivity contribution in [3.05, 3.63) is 65.9 Å². The standard InChI is InChI=1S/C24H24F2N4OS/c25-17-1-4-19(5-2-17)28-7-9-29(10-8-28)23-20-15-18(26)3-6-22(20)27-16-21(23)24(31)30-11-13-32-14-12-30/h1-6,15-16H,7-14H2. The van der Waals surface area contributed by atoms with E-state index in [-0.39, 0.29) is 17.5 Å². The molecule has 5 nitrogen and oxygen atoms in total. The van der Waals surface area contributed by atoms with Crippen LogP contribution in [0, 0.1) is 11.6 Å². The number of hydrogen-bond acceptors (Lipinski definition) is 5. The van der Waals surface area contributed by atoms with E-state index in [1.54, 1.807) is 24.4 Å². The van der Waals surface area contributed by atoms with Crippen LogP contribution >= 0.6 is 11.8 Å². The molecule has 0 unspecified atom stereocenters. The fraction of sp³-hybridized carbons (Fsp3) is 0.333. The Labute approximate surface area is 190 Å². The molecule has 5 rings (SSSR count). The van der Waals surface area contributed by atoms with Gasteiger partial charge in [-0.1, -0.05) is 0 Å². The van der Waals surface area contributed by atoms with Crippen LogP contribution in [0.15, 0.2) is 48.7 Å². The van der Waals surface area contributed by atoms with Crippen LogP contribution < -0.4 is 9.80 Å². The average molecular weight is 455 g/mol. The zero-order chi connectivity index (χ0) is 22.1. The van der Waals surface area contributed by atoms with Crippen LogP contribution in [0.2, 0.25) is 0 Å². The Morgan fingerprint density at radius 3 is 2.22 bits per heavy atom. The van der Waals surface area contributed by atoms with Crippen molar-refractivity contribution in [1.82, 2.24) is 9.88 Å². The van der Waals surface area contributed by atoms with Crippen LogP contribution in [0.3, 0.4) is 0 Å². The van der Waals surface area contributed by atoms with E-state index in [4.69, 9.17) is 0 Å². The molecule has 0 atom stereocenters. The molecular weight excluding hydrogens is 430 g/mol. The molecular formula is C24H24F2N4OS. The van der Waals surface area contributed by atoms with Gasteiger partial charge in [-0.05, 0) is 42.5 Å². The van der Waals surface area contributed by atoms with Crippen LogP contribution in [0.4, 0.5) is 20.2 Å². The van der Waals surface area contributed by atoms with Gasteiger partial charge >= 0.3 is 0 Å². The zero-order valence-electron chi connectivity index (χ0n) is 17.6. The minimum atomic E-state index is -0.343. The van der Waals surface area contributed by atoms with E-state index in [0.717, 1.165) is 36.0 Å². The molecule has 3 aromatic rings. The number of nitrogens with zero attached hydrogens (tertiary/aromatic N) is 4. The summed E-state index contributed by atoms with van der Waals surface area (Å²) in [6.07, 6.45) is 1.64. The summed E-state index contributed by atoms with van der Waals surface area (Å²) in [6, 6.07) is 11.0. The highest BCUT2D eigenvalue weighted by atomic mass is 32.2. The molecule has 2 aliphatic heterocycles. The van der Waals surface area contributed by atoms with Crippen LogP contribution in [0.25, 0.3) is 10.9 Å². The third-order valence-corrected chi connectivity index (χ3v) is 7.06. The molecule has 2 saturated heterocycles. The second-order valence-electron chi connectivity index (χ2n) is 8.04. The average Bonchev–Trinajstić information content (AvgIpc) is 2.84. The molecule has 32 heavy (non-hydrogen) atoms. The molecule has 0 aliphatic carbocycles. The van der Waals surface area contributed by atoms with Gasteiger partial charge in [0.15, 0.2) is 0 Å². The van der Waals surface area contributed by atoms with Gasteiger partial charge in [0, 0.05) is 68.0 Å². The van der Waals surface area contributed by atoms with Gasteiger partial charge in [-0.25, -0.2) is 8.78 Å². The number of hydrogen-bond donors (Lipinski definition) is 0. The zero-order valence-corrected chi connectivity index (χ0v) is 18.5. The molecule has 2 fully saturated rings. The van der Waals surface area contributed by atoms with E-state index in [0.29, 0.717) is 42.6 Å². The highest BCUT2D eigenvalue weighted by Crippen LogP contribution is 2.33. The predicted molar refractivity (Wildman–Crippen MR) is 126 cm³/mol. The number of thioether (sulfide) groups is 1. The van der Waals surface area contributed by atoms with E-state index < -0.39 is 0 Å². The Bertz CT molecular complexity index is 1130. The van der Waals surface area contributed by atoms with Crippen LogP contribution in [0.5, 0.6) is 0 Å². The lowest BCUT2D eigenvalue weighted by molar-refractivity contribution is 0.0772. The summed E-state index contributed by atoms with van der Waals surface area (Å²) in [5.74, 6) is 1.21. The first kappa shape index (κ1) is 21.0. The lowest BCUT2D eigenvalue weighted by atomic mass is 10.1. The lowest BCUT2D eigenvalue weighted by Gasteiger charge is -2.39. The summed E-state index contributed by atoms with van der Waals surface area (Å²) in [4.78, 5) is 24.1. The fourth-order valence-electron chi connectivity index (χ4n) is 4.42. The Balaban J connectivity index is 1.48. The van der Waals surface area contributed by atoms with Gasteiger partial charge in [-0.2, -0.15) is 11.8 Å². The number of piperazine rings is 1. The minimum Gasteiger partial charge on any atom is -0.368 e. The molecule has 0 radical (unpaired) electrons. The van der Waals surface area contributed by atoms with Crippen LogP contribution in [-0.4, -0.2) is 66.6 Å². The molecule has 0 spiro atoms. The van der Waals surface area contributed by atoms with Gasteiger partial charge in [0.05, 0.1) is 16.8 Å². The van der Waals surface area contributed by atoms with Crippen LogP contribution in [0.1, 0.15) is 10.4 Å². The van der Waals surface area contributed by atoms with Crippen molar-refractivity contribution in [2.75, 3.05) is 60.6 Å². The quantitative estimate of drug-likeness (QED) is 0.598. The summed E-state index contributed by atoms with van der Waals surface area (Å²) in [5, 5.41) is 0.664. The predicted octanol–water partition coefficient (Wildman–Crippen LogP) is 4.03. The molecule has 166 valence electrons. The molecule has 0 N–H and O–H groups in total. The molecule has 0 bridgehead atoms. The van der Waals surface area contributed by atoms with Gasteiger partial charge in [0.2, 0.25) is 0 Å². The number of pyridine rings is 1. The number of halogens is 2. The van der Waals surface area contributed by atoms with E-state index in [1.807, 2.05) is 16.7 Å². The SMILES string of the molecule is O=C(c1cnc2ccc(F)cc2c1N1CCN(c2ccc(F)cc2)CC1)N1CCSCC1. The molecule has 2 aromatic carbocycles. The van der Waals surface area contributed by atoms with Gasteiger partial charge in [0.1, 0.15) is 11.6 Å². The largest absolute Gasteiger partial charge is 0.368 e. The number of fused-ring (bicyclic) bond motifs is 1. The number of carbonyl (C=O) groups is 1. The summed E-state index contributed by atoms with van der Waals surface area (Å²) in [5.41, 5.74) is 2.94. The third kappa shape index (κ3) is 4.11. The molecule has 1 aromatic heterocycles. The van der Waals surface area contributed by atoms with Crippen molar-refractivity contribution in [3.8, 4) is 0 Å². The van der Waals surface area contributed by atoms with Gasteiger partial charge < -0.3 is 14.7 Å². The molecule has 3 heterocycles. The van der Waals surface area contributed by atoms with Crippen molar-refractivity contribution < 1.29 is 13.6 Å². The minimum absolute atomic E-state index is 0.0417. The highest BCUT2D eigenvalue weighted by Gasteiger charge is 2.28. The highest BCUT2D eigenvalue weighted by molar-refractivity contribution is 7.99. The monoisotopic (exact) mass is 454 g/mol. The van der Waals surface area contributed by atoms with E-state index >= 15 is 0 Å². The number of amides is 1. The van der Waals surface area contributed by atoms with Gasteiger partial charge in [-0.3, -0.25) is 9.78 Å². The first-order valence-corrected chi connectivity index (χ1v) is 12.0. The lowest BCUT2D eigenvalue weighted by Crippen LogP contribution is -2.47. The van der Waals surface area contributed by atoms with E-state index in [9.17, 15) is 13.6 Å². The second kappa shape index (κ2) is 8.94. The maximum atomic E-state index is 14.2. The summed E-state index contributed by atoms with van der Waals surface area (Å²) >= 11 is 1.85. The maximum absolute atomic E-state index is 14.2. The number of anilines is 2. The first-order chi connectivity index (χ1) is 15.6. The smallest absolute Gasteiger partial charge is 0.257 e. The summed E-state index contributed by atoms with van der Waals surface area (Å²) in [7, 11) is 0. The van der Waals surface area contributed by atoms with Crippen LogP contribution in [-0.2, 0) is 0 Å². The topological polar surface area (TPSA) is 39.7 Å². The Morgan fingerprint density at radius 1 is 0.844 bits per heavy atom. The number of benzene rings is 2. The molecule has 8 heteroatoms. The summed E-state index contributed by atoms with van der Waals surface area (Å²) < 4.78 is 27.5. The molecule has 0 saturated carbocycles. The van der Waals surface area contributed by atoms with Crippen molar-refractivity contribution in [2.24, 2.45) is 0 Å². The van der Waals surface area contributed by atoms with Crippen molar-refractivity contribution in [3.63, 3.8) is 0 Å². The Kier molecular flexibility index (Phi) is 5.87. The molecule has 1 amide bonds. The van der Waals surface area contributed by atoms with Crippen molar-refractivity contribution >= 4 is 39.9 Å². The third-order valence-electron chi connectivity index (χ3n) is 6.12. The van der Waals surface area contributed by atoms with Gasteiger partial charge in [0.25, 0.3) is 5.91 Å². The van der Waals surface area contributed by atoms with Crippen molar-refractivity contribution in [1.29, 1.82) is 0 Å². The molecule has 2 aliphatic rings. The first-order valence-electron chi connectivity index (χ1n) is 10.8. The number of aromatic nitrogens is 1. The maximum Gasteiger partial charge on any atom is 0.257 e. The number of rotatable bonds is 3. The Hall–Kier alpha value is -2.87. The van der Waals surface area contributed by atoms with Crippen molar-refractivity contribution in [2.45, 2.75) is 0 Å². The van der Waals surface area contributed by atoms with E-state index in [1.165, 1.54) is 24.3 Å². The Morgan fingerprint density at radius 2 is 1.50 bits per heavy atom.